The third-order valence-corrected chi connectivity index (χ3v) is 3.76. The van der Waals surface area contributed by atoms with E-state index in [9.17, 15) is 9.18 Å². The van der Waals surface area contributed by atoms with Crippen molar-refractivity contribution in [2.45, 2.75) is 31.2 Å². The van der Waals surface area contributed by atoms with Crippen molar-refractivity contribution in [2.24, 2.45) is 5.73 Å². The van der Waals surface area contributed by atoms with Gasteiger partial charge in [0.2, 0.25) is 0 Å². The molecule has 1 aliphatic carbocycles. The Balaban J connectivity index is 2.37. The molecule has 1 aromatic carbocycles. The van der Waals surface area contributed by atoms with Crippen LogP contribution in [0, 0.1) is 5.82 Å². The standard InChI is InChI=1S/C12H13BrFNO/c13-9-5-3-4-8(10(9)14)11(16)12(15)6-1-2-7-12/h3-5H,1-2,6-7,15H2. The molecule has 0 bridgehead atoms. The topological polar surface area (TPSA) is 43.1 Å². The first kappa shape index (κ1) is 11.7. The lowest BCUT2D eigenvalue weighted by molar-refractivity contribution is 0.0887. The Morgan fingerprint density at radius 1 is 1.38 bits per heavy atom. The van der Waals surface area contributed by atoms with E-state index in [1.807, 2.05) is 0 Å². The molecule has 0 heterocycles. The van der Waals surface area contributed by atoms with Crippen LogP contribution in [-0.2, 0) is 0 Å². The number of Topliss-reactive ketones (excluding diaryl/α,β-unsaturated/α-hetero) is 1. The van der Waals surface area contributed by atoms with Crippen molar-refractivity contribution in [2.75, 3.05) is 0 Å². The van der Waals surface area contributed by atoms with E-state index in [-0.39, 0.29) is 11.3 Å². The molecule has 0 atom stereocenters. The predicted molar refractivity (Wildman–Crippen MR) is 63.8 cm³/mol. The van der Waals surface area contributed by atoms with E-state index in [0.717, 1.165) is 12.8 Å². The molecule has 0 amide bonds. The van der Waals surface area contributed by atoms with E-state index in [0.29, 0.717) is 17.3 Å². The zero-order valence-corrected chi connectivity index (χ0v) is 10.4. The van der Waals surface area contributed by atoms with Gasteiger partial charge in [0.1, 0.15) is 5.82 Å². The van der Waals surface area contributed by atoms with Crippen molar-refractivity contribution in [3.63, 3.8) is 0 Å². The minimum Gasteiger partial charge on any atom is -0.319 e. The highest BCUT2D eigenvalue weighted by Crippen LogP contribution is 2.32. The maximum absolute atomic E-state index is 13.8. The Kier molecular flexibility index (Phi) is 3.13. The van der Waals surface area contributed by atoms with Gasteiger partial charge in [0.05, 0.1) is 15.6 Å². The number of rotatable bonds is 2. The number of nitrogens with two attached hydrogens (primary N) is 1. The zero-order valence-electron chi connectivity index (χ0n) is 8.80. The van der Waals surface area contributed by atoms with E-state index < -0.39 is 11.4 Å². The van der Waals surface area contributed by atoms with Crippen LogP contribution in [0.15, 0.2) is 22.7 Å². The van der Waals surface area contributed by atoms with E-state index in [2.05, 4.69) is 15.9 Å². The first-order valence-electron chi connectivity index (χ1n) is 5.32. The highest BCUT2D eigenvalue weighted by Gasteiger charge is 2.38. The highest BCUT2D eigenvalue weighted by molar-refractivity contribution is 9.10. The summed E-state index contributed by atoms with van der Waals surface area (Å²) in [6.07, 6.45) is 3.19. The number of carbonyl (C=O) groups excluding carboxylic acids is 1. The first-order chi connectivity index (χ1) is 7.54. The van der Waals surface area contributed by atoms with Crippen molar-refractivity contribution in [3.05, 3.63) is 34.1 Å². The third kappa shape index (κ3) is 1.92. The second kappa shape index (κ2) is 4.26. The fourth-order valence-corrected chi connectivity index (χ4v) is 2.55. The smallest absolute Gasteiger partial charge is 0.185 e. The summed E-state index contributed by atoms with van der Waals surface area (Å²) in [4.78, 5) is 12.2. The summed E-state index contributed by atoms with van der Waals surface area (Å²) in [5.74, 6) is -0.784. The summed E-state index contributed by atoms with van der Waals surface area (Å²) in [7, 11) is 0. The number of carbonyl (C=O) groups is 1. The predicted octanol–water partition coefficient (Wildman–Crippen LogP) is 3.04. The molecule has 86 valence electrons. The lowest BCUT2D eigenvalue weighted by Crippen LogP contribution is -2.45. The van der Waals surface area contributed by atoms with Crippen LogP contribution >= 0.6 is 15.9 Å². The van der Waals surface area contributed by atoms with Gasteiger partial charge in [-0.15, -0.1) is 0 Å². The minimum atomic E-state index is -0.859. The Morgan fingerprint density at radius 2 is 2.00 bits per heavy atom. The lowest BCUT2D eigenvalue weighted by atomic mass is 9.88. The van der Waals surface area contributed by atoms with E-state index in [1.54, 1.807) is 12.1 Å². The fraction of sp³-hybridized carbons (Fsp3) is 0.417. The quantitative estimate of drug-likeness (QED) is 0.849. The van der Waals surface area contributed by atoms with Gasteiger partial charge in [0, 0.05) is 0 Å². The van der Waals surface area contributed by atoms with Gasteiger partial charge in [0.25, 0.3) is 0 Å². The van der Waals surface area contributed by atoms with Crippen LogP contribution in [0.4, 0.5) is 4.39 Å². The molecule has 2 nitrogen and oxygen atoms in total. The maximum atomic E-state index is 13.8. The van der Waals surface area contributed by atoms with E-state index in [4.69, 9.17) is 5.73 Å². The SMILES string of the molecule is NC1(C(=O)c2cccc(Br)c2F)CCCC1. The summed E-state index contributed by atoms with van der Waals surface area (Å²) >= 11 is 3.07. The molecule has 0 unspecified atom stereocenters. The number of hydrogen-bond acceptors (Lipinski definition) is 2. The number of ketones is 1. The molecule has 1 fully saturated rings. The Hall–Kier alpha value is -0.740. The molecule has 1 aliphatic rings. The van der Waals surface area contributed by atoms with Crippen molar-refractivity contribution >= 4 is 21.7 Å². The van der Waals surface area contributed by atoms with Crippen LogP contribution in [0.3, 0.4) is 0 Å². The summed E-state index contributed by atoms with van der Waals surface area (Å²) in [6.45, 7) is 0. The van der Waals surface area contributed by atoms with Crippen molar-refractivity contribution < 1.29 is 9.18 Å². The molecular formula is C12H13BrFNO. The summed E-state index contributed by atoms with van der Waals surface area (Å²) in [5, 5.41) is 0. The molecule has 0 spiro atoms. The van der Waals surface area contributed by atoms with Gasteiger partial charge in [-0.25, -0.2) is 4.39 Å². The Labute approximate surface area is 102 Å². The van der Waals surface area contributed by atoms with E-state index >= 15 is 0 Å². The van der Waals surface area contributed by atoms with Gasteiger partial charge in [-0.05, 0) is 40.9 Å². The normalized spacial score (nSPS) is 18.7. The van der Waals surface area contributed by atoms with Crippen LogP contribution in [-0.4, -0.2) is 11.3 Å². The third-order valence-electron chi connectivity index (χ3n) is 3.14. The van der Waals surface area contributed by atoms with Crippen LogP contribution < -0.4 is 5.73 Å². The van der Waals surface area contributed by atoms with Gasteiger partial charge in [-0.3, -0.25) is 4.79 Å². The van der Waals surface area contributed by atoms with Gasteiger partial charge >= 0.3 is 0 Å². The molecule has 2 N–H and O–H groups in total. The zero-order chi connectivity index (χ0) is 11.8. The number of benzene rings is 1. The minimum absolute atomic E-state index is 0.0961. The average Bonchev–Trinajstić information content (AvgIpc) is 2.70. The molecule has 16 heavy (non-hydrogen) atoms. The summed E-state index contributed by atoms with van der Waals surface area (Å²) in [6, 6.07) is 4.72. The second-order valence-electron chi connectivity index (χ2n) is 4.29. The Morgan fingerprint density at radius 3 is 2.62 bits per heavy atom. The molecule has 0 aliphatic heterocycles. The monoisotopic (exact) mass is 285 g/mol. The lowest BCUT2D eigenvalue weighted by Gasteiger charge is -2.22. The van der Waals surface area contributed by atoms with Crippen LogP contribution in [0.2, 0.25) is 0 Å². The molecule has 1 aromatic rings. The molecule has 0 saturated heterocycles. The van der Waals surface area contributed by atoms with Gasteiger partial charge in [-0.1, -0.05) is 18.9 Å². The maximum Gasteiger partial charge on any atom is 0.185 e. The molecule has 1 saturated carbocycles. The first-order valence-corrected chi connectivity index (χ1v) is 6.11. The molecule has 2 rings (SSSR count). The molecule has 0 aromatic heterocycles. The van der Waals surface area contributed by atoms with Crippen molar-refractivity contribution in [1.29, 1.82) is 0 Å². The largest absolute Gasteiger partial charge is 0.319 e. The van der Waals surface area contributed by atoms with Crippen LogP contribution in [0.5, 0.6) is 0 Å². The summed E-state index contributed by atoms with van der Waals surface area (Å²) in [5.41, 5.74) is 5.26. The number of hydrogen-bond donors (Lipinski definition) is 1. The van der Waals surface area contributed by atoms with Gasteiger partial charge in [-0.2, -0.15) is 0 Å². The van der Waals surface area contributed by atoms with E-state index in [1.165, 1.54) is 6.07 Å². The van der Waals surface area contributed by atoms with Gasteiger partial charge < -0.3 is 5.73 Å². The highest BCUT2D eigenvalue weighted by atomic mass is 79.9. The van der Waals surface area contributed by atoms with Crippen molar-refractivity contribution in [3.8, 4) is 0 Å². The fourth-order valence-electron chi connectivity index (χ4n) is 2.18. The Bertz CT molecular complexity index is 427. The summed E-state index contributed by atoms with van der Waals surface area (Å²) < 4.78 is 14.1. The van der Waals surface area contributed by atoms with Gasteiger partial charge in [0.15, 0.2) is 5.78 Å². The van der Waals surface area contributed by atoms with Crippen LogP contribution in [0.25, 0.3) is 0 Å². The average molecular weight is 286 g/mol. The molecule has 4 heteroatoms. The number of halogens is 2. The molecular weight excluding hydrogens is 273 g/mol. The second-order valence-corrected chi connectivity index (χ2v) is 5.15. The van der Waals surface area contributed by atoms with Crippen LogP contribution in [0.1, 0.15) is 36.0 Å². The van der Waals surface area contributed by atoms with Crippen molar-refractivity contribution in [1.82, 2.24) is 0 Å². The molecule has 0 radical (unpaired) electrons.